The highest BCUT2D eigenvalue weighted by Gasteiger charge is 2.23. The standard InChI is InChI=1S/C26H29ClFNO5/c1-4-5-8-18(14-30)29-13-20(26(32)33)25(31)19-11-16(12-22(24(19)29)34-15(2)3)10-17-7-6-9-21(27)23(17)28/h6-7,9,11-13,15,18,30H,4-5,8,10,14H2,1-3H3,(H,32,33)/t18-/m0/s1. The predicted octanol–water partition coefficient (Wildman–Crippen LogP) is 5.59. The number of carboxylic acid groups (broad SMARTS) is 1. The summed E-state index contributed by atoms with van der Waals surface area (Å²) in [6.07, 6.45) is 3.48. The van der Waals surface area contributed by atoms with Gasteiger partial charge >= 0.3 is 5.97 Å². The van der Waals surface area contributed by atoms with Crippen molar-refractivity contribution in [2.45, 2.75) is 58.6 Å². The van der Waals surface area contributed by atoms with Crippen LogP contribution in [0.25, 0.3) is 10.9 Å². The second-order valence-corrected chi connectivity index (χ2v) is 9.02. The maximum absolute atomic E-state index is 14.6. The van der Waals surface area contributed by atoms with Gasteiger partial charge in [-0.15, -0.1) is 0 Å². The van der Waals surface area contributed by atoms with Gasteiger partial charge in [-0.05, 0) is 49.6 Å². The lowest BCUT2D eigenvalue weighted by Crippen LogP contribution is -2.24. The molecule has 3 aromatic rings. The van der Waals surface area contributed by atoms with E-state index in [4.69, 9.17) is 16.3 Å². The molecule has 0 aliphatic carbocycles. The highest BCUT2D eigenvalue weighted by atomic mass is 35.5. The Morgan fingerprint density at radius 2 is 2.00 bits per heavy atom. The van der Waals surface area contributed by atoms with Crippen LogP contribution >= 0.6 is 11.6 Å². The number of hydrogen-bond donors (Lipinski definition) is 2. The molecule has 0 fully saturated rings. The van der Waals surface area contributed by atoms with E-state index in [0.29, 0.717) is 28.8 Å². The first-order valence-electron chi connectivity index (χ1n) is 11.3. The molecule has 0 amide bonds. The average Bonchev–Trinajstić information content (AvgIpc) is 2.78. The van der Waals surface area contributed by atoms with Crippen LogP contribution in [0.2, 0.25) is 5.02 Å². The second kappa shape index (κ2) is 11.0. The highest BCUT2D eigenvalue weighted by Crippen LogP contribution is 2.32. The molecule has 3 rings (SSSR count). The van der Waals surface area contributed by atoms with E-state index in [1.54, 1.807) is 28.8 Å². The molecule has 0 unspecified atom stereocenters. The zero-order chi connectivity index (χ0) is 25.0. The largest absolute Gasteiger partial charge is 0.489 e. The van der Waals surface area contributed by atoms with E-state index in [2.05, 4.69) is 0 Å². The van der Waals surface area contributed by atoms with E-state index in [1.165, 1.54) is 12.3 Å². The third-order valence-corrected chi connectivity index (χ3v) is 5.96. The zero-order valence-electron chi connectivity index (χ0n) is 19.5. The Labute approximate surface area is 202 Å². The molecule has 0 aliphatic rings. The molecule has 0 saturated carbocycles. The van der Waals surface area contributed by atoms with Gasteiger partial charge in [0.1, 0.15) is 17.1 Å². The Balaban J connectivity index is 2.32. The summed E-state index contributed by atoms with van der Waals surface area (Å²) in [6, 6.07) is 7.56. The number of carbonyl (C=O) groups is 1. The number of aromatic nitrogens is 1. The third-order valence-electron chi connectivity index (χ3n) is 5.66. The summed E-state index contributed by atoms with van der Waals surface area (Å²) in [5.41, 5.74) is 0.268. The van der Waals surface area contributed by atoms with Crippen LogP contribution in [-0.2, 0) is 6.42 Å². The van der Waals surface area contributed by atoms with Crippen molar-refractivity contribution >= 4 is 28.5 Å². The fourth-order valence-electron chi connectivity index (χ4n) is 4.06. The number of hydrogen-bond acceptors (Lipinski definition) is 4. The summed E-state index contributed by atoms with van der Waals surface area (Å²) in [5.74, 6) is -1.54. The molecule has 0 spiro atoms. The Bertz CT molecular complexity index is 1250. The topological polar surface area (TPSA) is 88.8 Å². The number of aromatic carboxylic acids is 1. The molecule has 2 aromatic carbocycles. The van der Waals surface area contributed by atoms with Gasteiger partial charge in [-0.3, -0.25) is 4.79 Å². The van der Waals surface area contributed by atoms with Crippen molar-refractivity contribution in [3.63, 3.8) is 0 Å². The van der Waals surface area contributed by atoms with Gasteiger partial charge in [0.15, 0.2) is 0 Å². The first-order chi connectivity index (χ1) is 16.2. The smallest absolute Gasteiger partial charge is 0.341 e. The number of pyridine rings is 1. The minimum absolute atomic E-state index is 0.00539. The van der Waals surface area contributed by atoms with Crippen LogP contribution in [0.15, 0.2) is 41.3 Å². The number of rotatable bonds is 10. The fraction of sp³-hybridized carbons (Fsp3) is 0.385. The summed E-state index contributed by atoms with van der Waals surface area (Å²) >= 11 is 5.93. The van der Waals surface area contributed by atoms with Crippen molar-refractivity contribution in [1.82, 2.24) is 4.57 Å². The van der Waals surface area contributed by atoms with Gasteiger partial charge in [0.05, 0.1) is 34.7 Å². The Morgan fingerprint density at radius 1 is 1.26 bits per heavy atom. The molecule has 182 valence electrons. The van der Waals surface area contributed by atoms with Gasteiger partial charge in [0, 0.05) is 12.6 Å². The predicted molar refractivity (Wildman–Crippen MR) is 131 cm³/mol. The summed E-state index contributed by atoms with van der Waals surface area (Å²) < 4.78 is 22.2. The number of benzene rings is 2. The van der Waals surface area contributed by atoms with E-state index in [-0.39, 0.29) is 29.5 Å². The van der Waals surface area contributed by atoms with Crippen LogP contribution in [0.4, 0.5) is 4.39 Å². The van der Waals surface area contributed by atoms with Crippen molar-refractivity contribution in [2.75, 3.05) is 6.61 Å². The number of halogens is 2. The quantitative estimate of drug-likeness (QED) is 0.387. The van der Waals surface area contributed by atoms with Gasteiger partial charge in [0.25, 0.3) is 0 Å². The minimum Gasteiger partial charge on any atom is -0.489 e. The average molecular weight is 490 g/mol. The SMILES string of the molecule is CCCC[C@@H](CO)n1cc(C(=O)O)c(=O)c2cc(Cc3cccc(Cl)c3F)cc(OC(C)C)c21. The summed E-state index contributed by atoms with van der Waals surface area (Å²) in [6.45, 7) is 5.47. The molecule has 1 heterocycles. The van der Waals surface area contributed by atoms with Crippen LogP contribution in [0, 0.1) is 5.82 Å². The van der Waals surface area contributed by atoms with Crippen molar-refractivity contribution in [1.29, 1.82) is 0 Å². The molecule has 0 bridgehead atoms. The van der Waals surface area contributed by atoms with Crippen molar-refractivity contribution in [2.24, 2.45) is 0 Å². The Hall–Kier alpha value is -2.90. The molecule has 0 saturated heterocycles. The minimum atomic E-state index is -1.36. The maximum Gasteiger partial charge on any atom is 0.341 e. The zero-order valence-corrected chi connectivity index (χ0v) is 20.2. The first-order valence-corrected chi connectivity index (χ1v) is 11.7. The monoisotopic (exact) mass is 489 g/mol. The van der Waals surface area contributed by atoms with Crippen LogP contribution in [0.1, 0.15) is 67.6 Å². The van der Waals surface area contributed by atoms with Gasteiger partial charge in [-0.2, -0.15) is 0 Å². The molecule has 34 heavy (non-hydrogen) atoms. The molecule has 1 aromatic heterocycles. The van der Waals surface area contributed by atoms with Crippen LogP contribution in [0.5, 0.6) is 5.75 Å². The second-order valence-electron chi connectivity index (χ2n) is 8.61. The number of aliphatic hydroxyl groups excluding tert-OH is 1. The molecule has 0 radical (unpaired) electrons. The lowest BCUT2D eigenvalue weighted by Gasteiger charge is -2.24. The van der Waals surface area contributed by atoms with Gasteiger partial charge in [-0.1, -0.05) is 43.5 Å². The summed E-state index contributed by atoms with van der Waals surface area (Å²) in [7, 11) is 0. The molecule has 1 atom stereocenters. The van der Waals surface area contributed by atoms with Gasteiger partial charge in [0.2, 0.25) is 5.43 Å². The van der Waals surface area contributed by atoms with E-state index < -0.39 is 28.8 Å². The number of nitrogens with zero attached hydrogens (tertiary/aromatic N) is 1. The Kier molecular flexibility index (Phi) is 8.33. The van der Waals surface area contributed by atoms with Gasteiger partial charge in [-0.25, -0.2) is 9.18 Å². The molecule has 6 nitrogen and oxygen atoms in total. The fourth-order valence-corrected chi connectivity index (χ4v) is 4.25. The highest BCUT2D eigenvalue weighted by molar-refractivity contribution is 6.30. The summed E-state index contributed by atoms with van der Waals surface area (Å²) in [4.78, 5) is 25.1. The first kappa shape index (κ1) is 25.7. The van der Waals surface area contributed by atoms with E-state index in [9.17, 15) is 24.2 Å². The number of aliphatic hydroxyl groups is 1. The maximum atomic E-state index is 14.6. The molecule has 8 heteroatoms. The molecule has 0 aliphatic heterocycles. The van der Waals surface area contributed by atoms with Crippen molar-refractivity contribution < 1.29 is 24.1 Å². The lowest BCUT2D eigenvalue weighted by atomic mass is 9.99. The van der Waals surface area contributed by atoms with Crippen LogP contribution in [0.3, 0.4) is 0 Å². The van der Waals surface area contributed by atoms with Crippen LogP contribution < -0.4 is 10.2 Å². The Morgan fingerprint density at radius 3 is 2.62 bits per heavy atom. The van der Waals surface area contributed by atoms with Crippen LogP contribution in [-0.4, -0.2) is 33.5 Å². The van der Waals surface area contributed by atoms with E-state index in [0.717, 1.165) is 12.8 Å². The van der Waals surface area contributed by atoms with Crippen molar-refractivity contribution in [3.05, 3.63) is 74.3 Å². The van der Waals surface area contributed by atoms with Gasteiger partial charge < -0.3 is 19.5 Å². The number of fused-ring (bicyclic) bond motifs is 1. The molecule has 2 N–H and O–H groups in total. The van der Waals surface area contributed by atoms with E-state index >= 15 is 0 Å². The number of carboxylic acids is 1. The molecular formula is C26H29ClFNO5. The molecular weight excluding hydrogens is 461 g/mol. The third kappa shape index (κ3) is 5.42. The summed E-state index contributed by atoms with van der Waals surface area (Å²) in [5, 5.41) is 19.9. The lowest BCUT2D eigenvalue weighted by molar-refractivity contribution is 0.0694. The number of ether oxygens (including phenoxy) is 1. The normalized spacial score (nSPS) is 12.3. The van der Waals surface area contributed by atoms with E-state index in [1.807, 2.05) is 20.8 Å². The number of unbranched alkanes of at least 4 members (excludes halogenated alkanes) is 1. The van der Waals surface area contributed by atoms with Crippen molar-refractivity contribution in [3.8, 4) is 5.75 Å².